The summed E-state index contributed by atoms with van der Waals surface area (Å²) in [5.41, 5.74) is -0.0998. The predicted octanol–water partition coefficient (Wildman–Crippen LogP) is 1.26. The average Bonchev–Trinajstić information content (AvgIpc) is 2.42. The quantitative estimate of drug-likeness (QED) is 0.375. The van der Waals surface area contributed by atoms with Crippen LogP contribution in [0.4, 0.5) is 11.5 Å². The third-order valence-electron chi connectivity index (χ3n) is 2.22. The van der Waals surface area contributed by atoms with Gasteiger partial charge < -0.3 is 15.5 Å². The molecule has 0 fully saturated rings. The summed E-state index contributed by atoms with van der Waals surface area (Å²) in [6.45, 7) is 2.36. The molecule has 0 aliphatic rings. The van der Waals surface area contributed by atoms with E-state index >= 15 is 0 Å². The Bertz CT molecular complexity index is 430. The van der Waals surface area contributed by atoms with E-state index < -0.39 is 11.0 Å². The molecule has 0 bridgehead atoms. The lowest BCUT2D eigenvalue weighted by molar-refractivity contribution is -0.388. The van der Waals surface area contributed by atoms with Crippen molar-refractivity contribution in [3.05, 3.63) is 22.2 Å². The van der Waals surface area contributed by atoms with Crippen LogP contribution in [-0.4, -0.2) is 45.1 Å². The van der Waals surface area contributed by atoms with Crippen molar-refractivity contribution in [1.29, 1.82) is 0 Å². The minimum Gasteiger partial charge on any atom is -0.394 e. The highest BCUT2D eigenvalue weighted by Crippen LogP contribution is 2.29. The van der Waals surface area contributed by atoms with Crippen molar-refractivity contribution in [3.8, 4) is 0 Å². The largest absolute Gasteiger partial charge is 0.394 e. The van der Waals surface area contributed by atoms with Crippen molar-refractivity contribution >= 4 is 23.3 Å². The number of pyridine rings is 1. The standard InChI is InChI=1S/C11H17N3O4S/c1-2-5-12-10-4-3-9(14(17)18)11(13-10)19-7-8(16)6-15/h3-4,8,15-16H,2,5-7H2,1H3,(H,12,13). The van der Waals surface area contributed by atoms with E-state index in [0.717, 1.165) is 24.7 Å². The summed E-state index contributed by atoms with van der Waals surface area (Å²) in [5, 5.41) is 32.2. The topological polar surface area (TPSA) is 109 Å². The smallest absolute Gasteiger partial charge is 0.301 e. The van der Waals surface area contributed by atoms with E-state index in [0.29, 0.717) is 5.82 Å². The normalized spacial score (nSPS) is 12.2. The molecule has 0 aromatic carbocycles. The number of hydrogen-bond donors (Lipinski definition) is 3. The van der Waals surface area contributed by atoms with Crippen molar-refractivity contribution in [2.24, 2.45) is 0 Å². The number of rotatable bonds is 8. The maximum absolute atomic E-state index is 10.9. The monoisotopic (exact) mass is 287 g/mol. The Balaban J connectivity index is 2.85. The molecule has 0 spiro atoms. The molecule has 1 heterocycles. The number of thioether (sulfide) groups is 1. The Morgan fingerprint density at radius 3 is 2.89 bits per heavy atom. The second kappa shape index (κ2) is 7.93. The Kier molecular flexibility index (Phi) is 6.54. The van der Waals surface area contributed by atoms with Gasteiger partial charge in [-0.3, -0.25) is 10.1 Å². The zero-order valence-electron chi connectivity index (χ0n) is 10.6. The number of nitrogens with zero attached hydrogens (tertiary/aromatic N) is 2. The number of aromatic nitrogens is 1. The third-order valence-corrected chi connectivity index (χ3v) is 3.34. The molecule has 19 heavy (non-hydrogen) atoms. The third kappa shape index (κ3) is 5.01. The molecule has 1 rings (SSSR count). The number of aliphatic hydroxyl groups is 2. The summed E-state index contributed by atoms with van der Waals surface area (Å²) >= 11 is 1.05. The van der Waals surface area contributed by atoms with E-state index in [1.807, 2.05) is 6.92 Å². The Morgan fingerprint density at radius 2 is 2.32 bits per heavy atom. The van der Waals surface area contributed by atoms with Crippen molar-refractivity contribution in [1.82, 2.24) is 4.98 Å². The number of anilines is 1. The molecule has 0 saturated heterocycles. The molecule has 7 nitrogen and oxygen atoms in total. The minimum atomic E-state index is -0.918. The van der Waals surface area contributed by atoms with Crippen molar-refractivity contribution in [3.63, 3.8) is 0 Å². The lowest BCUT2D eigenvalue weighted by Gasteiger charge is -2.08. The maximum atomic E-state index is 10.9. The Hall–Kier alpha value is -1.38. The van der Waals surface area contributed by atoms with Crippen LogP contribution in [0, 0.1) is 10.1 Å². The summed E-state index contributed by atoms with van der Waals surface area (Å²) < 4.78 is 0. The summed E-state index contributed by atoms with van der Waals surface area (Å²) in [5.74, 6) is 0.718. The molecule has 0 aliphatic heterocycles. The Morgan fingerprint density at radius 1 is 1.58 bits per heavy atom. The first-order valence-corrected chi connectivity index (χ1v) is 6.88. The number of aliphatic hydroxyl groups excluding tert-OH is 2. The van der Waals surface area contributed by atoms with E-state index in [4.69, 9.17) is 5.11 Å². The lowest BCUT2D eigenvalue weighted by Crippen LogP contribution is -2.15. The molecule has 0 aliphatic carbocycles. The molecule has 1 aromatic rings. The lowest BCUT2D eigenvalue weighted by atomic mass is 10.4. The molecule has 8 heteroatoms. The van der Waals surface area contributed by atoms with Gasteiger partial charge in [0.15, 0.2) is 5.03 Å². The number of nitro groups is 1. The van der Waals surface area contributed by atoms with Gasteiger partial charge in [-0.05, 0) is 12.5 Å². The van der Waals surface area contributed by atoms with Crippen LogP contribution in [0.15, 0.2) is 17.2 Å². The molecule has 0 radical (unpaired) electrons. The van der Waals surface area contributed by atoms with Crippen molar-refractivity contribution < 1.29 is 15.1 Å². The van der Waals surface area contributed by atoms with Gasteiger partial charge in [0, 0.05) is 18.4 Å². The fourth-order valence-electron chi connectivity index (χ4n) is 1.26. The average molecular weight is 287 g/mol. The Labute approximate surface area is 115 Å². The van der Waals surface area contributed by atoms with Gasteiger partial charge in [0.05, 0.1) is 17.6 Å². The molecule has 1 aromatic heterocycles. The number of nitrogens with one attached hydrogen (secondary N) is 1. The molecule has 0 amide bonds. The van der Waals surface area contributed by atoms with Gasteiger partial charge in [0.25, 0.3) is 0 Å². The summed E-state index contributed by atoms with van der Waals surface area (Å²) in [6.07, 6.45) is 0.00310. The first-order valence-electron chi connectivity index (χ1n) is 5.89. The van der Waals surface area contributed by atoms with Gasteiger partial charge in [0.2, 0.25) is 0 Å². The second-order valence-corrected chi connectivity index (χ2v) is 4.86. The van der Waals surface area contributed by atoms with Gasteiger partial charge in [-0.15, -0.1) is 0 Å². The fourth-order valence-corrected chi connectivity index (χ4v) is 2.17. The van der Waals surface area contributed by atoms with E-state index in [1.54, 1.807) is 6.07 Å². The molecule has 1 atom stereocenters. The molecule has 106 valence electrons. The van der Waals surface area contributed by atoms with Crippen LogP contribution in [0.1, 0.15) is 13.3 Å². The van der Waals surface area contributed by atoms with E-state index in [-0.39, 0.29) is 23.1 Å². The van der Waals surface area contributed by atoms with Crippen LogP contribution in [0.5, 0.6) is 0 Å². The molecular formula is C11H17N3O4S. The summed E-state index contributed by atoms with van der Waals surface area (Å²) in [6, 6.07) is 2.94. The van der Waals surface area contributed by atoms with Crippen LogP contribution in [0.2, 0.25) is 0 Å². The van der Waals surface area contributed by atoms with Gasteiger partial charge in [0.1, 0.15) is 5.82 Å². The second-order valence-electron chi connectivity index (χ2n) is 3.85. The van der Waals surface area contributed by atoms with Gasteiger partial charge in [-0.1, -0.05) is 18.7 Å². The van der Waals surface area contributed by atoms with Crippen LogP contribution >= 0.6 is 11.8 Å². The minimum absolute atomic E-state index is 0.0998. The van der Waals surface area contributed by atoms with Crippen LogP contribution in [0.3, 0.4) is 0 Å². The first-order chi connectivity index (χ1) is 9.08. The number of hydrogen-bond acceptors (Lipinski definition) is 7. The first kappa shape index (κ1) is 15.7. The molecule has 0 saturated carbocycles. The molecular weight excluding hydrogens is 270 g/mol. The summed E-state index contributed by atoms with van der Waals surface area (Å²) in [4.78, 5) is 14.5. The molecule has 3 N–H and O–H groups in total. The zero-order chi connectivity index (χ0) is 14.3. The van der Waals surface area contributed by atoms with Crippen LogP contribution in [-0.2, 0) is 0 Å². The van der Waals surface area contributed by atoms with E-state index in [2.05, 4.69) is 10.3 Å². The van der Waals surface area contributed by atoms with Crippen LogP contribution in [0.25, 0.3) is 0 Å². The van der Waals surface area contributed by atoms with Crippen molar-refractivity contribution in [2.45, 2.75) is 24.5 Å². The van der Waals surface area contributed by atoms with Gasteiger partial charge in [-0.25, -0.2) is 4.98 Å². The zero-order valence-corrected chi connectivity index (χ0v) is 11.4. The highest BCUT2D eigenvalue weighted by Gasteiger charge is 2.17. The van der Waals surface area contributed by atoms with Crippen LogP contribution < -0.4 is 5.32 Å². The fraction of sp³-hybridized carbons (Fsp3) is 0.545. The van der Waals surface area contributed by atoms with Gasteiger partial charge >= 0.3 is 5.69 Å². The highest BCUT2D eigenvalue weighted by atomic mass is 32.2. The summed E-state index contributed by atoms with van der Waals surface area (Å²) in [7, 11) is 0. The van der Waals surface area contributed by atoms with Crippen molar-refractivity contribution in [2.75, 3.05) is 24.2 Å². The van der Waals surface area contributed by atoms with E-state index in [9.17, 15) is 15.2 Å². The van der Waals surface area contributed by atoms with Gasteiger partial charge in [-0.2, -0.15) is 0 Å². The maximum Gasteiger partial charge on any atom is 0.301 e. The van der Waals surface area contributed by atoms with E-state index in [1.165, 1.54) is 6.07 Å². The molecule has 1 unspecified atom stereocenters. The highest BCUT2D eigenvalue weighted by molar-refractivity contribution is 7.99. The SMILES string of the molecule is CCCNc1ccc([N+](=O)[O-])c(SCC(O)CO)n1. The predicted molar refractivity (Wildman–Crippen MR) is 73.5 cm³/mol.